The van der Waals surface area contributed by atoms with Gasteiger partial charge in [-0.25, -0.2) is 18.4 Å². The predicted molar refractivity (Wildman–Crippen MR) is 134 cm³/mol. The summed E-state index contributed by atoms with van der Waals surface area (Å²) in [5.74, 6) is -2.48. The van der Waals surface area contributed by atoms with Gasteiger partial charge in [0.2, 0.25) is 5.91 Å². The molecule has 12 nitrogen and oxygen atoms in total. The van der Waals surface area contributed by atoms with E-state index < -0.39 is 35.8 Å². The van der Waals surface area contributed by atoms with Gasteiger partial charge in [-0.1, -0.05) is 0 Å². The van der Waals surface area contributed by atoms with Crippen LogP contribution in [-0.2, 0) is 14.3 Å². The van der Waals surface area contributed by atoms with Crippen LogP contribution in [0, 0.1) is 11.6 Å². The van der Waals surface area contributed by atoms with E-state index >= 15 is 8.78 Å². The van der Waals surface area contributed by atoms with Gasteiger partial charge in [-0.05, 0) is 19.1 Å². The SMILES string of the molecule is CCOC(=O)NCC1CN(c2cc(F)c(N3CCN(C(=O)CNC(=O)c4cccnc4)CC3)c(F)c2)C(=O)O1. The Balaban J connectivity index is 1.31. The molecule has 0 aliphatic carbocycles. The lowest BCUT2D eigenvalue weighted by molar-refractivity contribution is -0.130. The van der Waals surface area contributed by atoms with E-state index in [1.165, 1.54) is 22.2 Å². The van der Waals surface area contributed by atoms with E-state index in [2.05, 4.69) is 15.6 Å². The van der Waals surface area contributed by atoms with E-state index in [0.29, 0.717) is 5.56 Å². The highest BCUT2D eigenvalue weighted by Crippen LogP contribution is 2.31. The van der Waals surface area contributed by atoms with Gasteiger partial charge in [0.05, 0.1) is 37.5 Å². The minimum Gasteiger partial charge on any atom is -0.450 e. The number of carbonyl (C=O) groups excluding carboxylic acids is 4. The maximum absolute atomic E-state index is 15.1. The number of benzene rings is 1. The van der Waals surface area contributed by atoms with Gasteiger partial charge in [-0.2, -0.15) is 0 Å². The van der Waals surface area contributed by atoms with Crippen LogP contribution in [0.3, 0.4) is 0 Å². The number of cyclic esters (lactones) is 1. The fourth-order valence-corrected chi connectivity index (χ4v) is 4.27. The number of piperazine rings is 1. The Kier molecular flexibility index (Phi) is 8.74. The summed E-state index contributed by atoms with van der Waals surface area (Å²) in [7, 11) is 0. The number of amides is 4. The Labute approximate surface area is 222 Å². The zero-order valence-electron chi connectivity index (χ0n) is 21.2. The number of nitrogens with one attached hydrogen (secondary N) is 2. The number of halogens is 2. The lowest BCUT2D eigenvalue weighted by Gasteiger charge is -2.36. The van der Waals surface area contributed by atoms with Crippen molar-refractivity contribution in [1.29, 1.82) is 0 Å². The predicted octanol–water partition coefficient (Wildman–Crippen LogP) is 1.51. The molecule has 2 saturated heterocycles. The van der Waals surface area contributed by atoms with Crippen molar-refractivity contribution in [3.05, 3.63) is 53.9 Å². The second kappa shape index (κ2) is 12.4. The van der Waals surface area contributed by atoms with Crippen molar-refractivity contribution in [3.8, 4) is 0 Å². The highest BCUT2D eigenvalue weighted by Gasteiger charge is 2.34. The highest BCUT2D eigenvalue weighted by atomic mass is 19.1. The molecule has 3 heterocycles. The summed E-state index contributed by atoms with van der Waals surface area (Å²) in [5, 5.41) is 5.00. The van der Waals surface area contributed by atoms with Crippen LogP contribution in [-0.4, -0.2) is 92.4 Å². The average Bonchev–Trinajstić information content (AvgIpc) is 3.31. The monoisotopic (exact) mass is 546 g/mol. The number of hydrogen-bond acceptors (Lipinski definition) is 8. The highest BCUT2D eigenvalue weighted by molar-refractivity contribution is 5.96. The third kappa shape index (κ3) is 6.69. The molecule has 1 aromatic carbocycles. The lowest BCUT2D eigenvalue weighted by atomic mass is 10.2. The first kappa shape index (κ1) is 27.5. The number of ether oxygens (including phenoxy) is 2. The number of alkyl carbamates (subject to hydrolysis) is 1. The van der Waals surface area contributed by atoms with Gasteiger partial charge < -0.3 is 29.9 Å². The molecule has 208 valence electrons. The second-order valence-corrected chi connectivity index (χ2v) is 8.77. The standard InChI is InChI=1S/C25H28F2N6O6/c1-2-38-24(36)30-13-18-15-33(25(37)39-18)17-10-19(26)22(20(27)11-17)32-8-6-31(7-9-32)21(34)14-29-23(35)16-4-3-5-28-12-16/h3-5,10-12,18H,2,6-9,13-15H2,1H3,(H,29,35)(H,30,36). The quantitative estimate of drug-likeness (QED) is 0.509. The molecular formula is C25H28F2N6O6. The van der Waals surface area contributed by atoms with E-state index in [1.54, 1.807) is 19.1 Å². The Bertz CT molecular complexity index is 1200. The number of carbonyl (C=O) groups is 4. The van der Waals surface area contributed by atoms with Gasteiger partial charge in [0.1, 0.15) is 11.8 Å². The topological polar surface area (TPSA) is 133 Å². The molecule has 2 aliphatic heterocycles. The Hall–Kier alpha value is -4.49. The Morgan fingerprint density at radius 1 is 1.13 bits per heavy atom. The summed E-state index contributed by atoms with van der Waals surface area (Å²) in [5.41, 5.74) is 0.0509. The molecule has 0 spiro atoms. The van der Waals surface area contributed by atoms with E-state index in [9.17, 15) is 19.2 Å². The van der Waals surface area contributed by atoms with Crippen LogP contribution >= 0.6 is 0 Å². The molecule has 2 N–H and O–H groups in total. The average molecular weight is 547 g/mol. The fourth-order valence-electron chi connectivity index (χ4n) is 4.27. The molecule has 1 atom stereocenters. The van der Waals surface area contributed by atoms with Crippen LogP contribution in [0.2, 0.25) is 0 Å². The molecule has 0 saturated carbocycles. The Morgan fingerprint density at radius 2 is 1.85 bits per heavy atom. The number of rotatable bonds is 8. The second-order valence-electron chi connectivity index (χ2n) is 8.77. The summed E-state index contributed by atoms with van der Waals surface area (Å²) in [4.78, 5) is 56.3. The number of pyridine rings is 1. The zero-order valence-corrected chi connectivity index (χ0v) is 21.2. The largest absolute Gasteiger partial charge is 0.450 e. The number of aromatic nitrogens is 1. The van der Waals surface area contributed by atoms with Crippen LogP contribution in [0.25, 0.3) is 0 Å². The molecule has 4 amide bonds. The molecule has 0 radical (unpaired) electrons. The minimum absolute atomic E-state index is 0.0123. The molecule has 4 rings (SSSR count). The maximum atomic E-state index is 15.1. The van der Waals surface area contributed by atoms with E-state index in [4.69, 9.17) is 9.47 Å². The zero-order chi connectivity index (χ0) is 27.9. The van der Waals surface area contributed by atoms with Gasteiger partial charge in [0, 0.05) is 50.7 Å². The molecule has 1 aromatic heterocycles. The molecular weight excluding hydrogens is 518 g/mol. The van der Waals surface area contributed by atoms with Crippen molar-refractivity contribution < 1.29 is 37.4 Å². The van der Waals surface area contributed by atoms with Crippen molar-refractivity contribution in [2.45, 2.75) is 13.0 Å². The van der Waals surface area contributed by atoms with Crippen molar-refractivity contribution in [1.82, 2.24) is 20.5 Å². The van der Waals surface area contributed by atoms with E-state index in [1.807, 2.05) is 0 Å². The van der Waals surface area contributed by atoms with Gasteiger partial charge in [-0.15, -0.1) is 0 Å². The van der Waals surface area contributed by atoms with E-state index in [0.717, 1.165) is 17.0 Å². The van der Waals surface area contributed by atoms with Crippen molar-refractivity contribution in [3.63, 3.8) is 0 Å². The van der Waals surface area contributed by atoms with Crippen LogP contribution in [0.15, 0.2) is 36.7 Å². The van der Waals surface area contributed by atoms with Gasteiger partial charge >= 0.3 is 12.2 Å². The summed E-state index contributed by atoms with van der Waals surface area (Å²) >= 11 is 0. The number of anilines is 2. The van der Waals surface area contributed by atoms with Crippen LogP contribution < -0.4 is 20.4 Å². The lowest BCUT2D eigenvalue weighted by Crippen LogP contribution is -2.51. The van der Waals surface area contributed by atoms with Crippen molar-refractivity contribution in [2.24, 2.45) is 0 Å². The van der Waals surface area contributed by atoms with Crippen LogP contribution in [0.4, 0.5) is 29.7 Å². The third-order valence-electron chi connectivity index (χ3n) is 6.21. The van der Waals surface area contributed by atoms with Crippen LogP contribution in [0.5, 0.6) is 0 Å². The van der Waals surface area contributed by atoms with Gasteiger partial charge in [-0.3, -0.25) is 19.5 Å². The smallest absolute Gasteiger partial charge is 0.414 e. The Morgan fingerprint density at radius 3 is 2.49 bits per heavy atom. The molecule has 0 bridgehead atoms. The molecule has 2 fully saturated rings. The van der Waals surface area contributed by atoms with Gasteiger partial charge in [0.15, 0.2) is 11.6 Å². The first-order valence-corrected chi connectivity index (χ1v) is 12.4. The van der Waals surface area contributed by atoms with Crippen molar-refractivity contribution in [2.75, 3.05) is 62.2 Å². The summed E-state index contributed by atoms with van der Waals surface area (Å²) in [6.07, 6.45) is 0.753. The van der Waals surface area contributed by atoms with Crippen molar-refractivity contribution >= 4 is 35.4 Å². The molecule has 2 aromatic rings. The normalized spacial score (nSPS) is 17.1. The number of hydrogen-bond donors (Lipinski definition) is 2. The first-order valence-electron chi connectivity index (χ1n) is 12.4. The molecule has 1 unspecified atom stereocenters. The fraction of sp³-hybridized carbons (Fsp3) is 0.400. The number of nitrogens with zero attached hydrogens (tertiary/aromatic N) is 4. The molecule has 14 heteroatoms. The first-order chi connectivity index (χ1) is 18.8. The minimum atomic E-state index is -0.866. The third-order valence-corrected chi connectivity index (χ3v) is 6.21. The maximum Gasteiger partial charge on any atom is 0.414 e. The van der Waals surface area contributed by atoms with Crippen LogP contribution in [0.1, 0.15) is 17.3 Å². The summed E-state index contributed by atoms with van der Waals surface area (Å²) in [6.45, 7) is 2.34. The summed E-state index contributed by atoms with van der Waals surface area (Å²) in [6, 6.07) is 5.29. The molecule has 39 heavy (non-hydrogen) atoms. The summed E-state index contributed by atoms with van der Waals surface area (Å²) < 4.78 is 40.1. The van der Waals surface area contributed by atoms with Gasteiger partial charge in [0.25, 0.3) is 5.91 Å². The molecule has 2 aliphatic rings. The van der Waals surface area contributed by atoms with E-state index in [-0.39, 0.29) is 69.7 Å².